The first-order chi connectivity index (χ1) is 8.34. The van der Waals surface area contributed by atoms with Gasteiger partial charge in [0.1, 0.15) is 4.60 Å². The lowest BCUT2D eigenvalue weighted by atomic mass is 9.73. The van der Waals surface area contributed by atoms with Crippen molar-refractivity contribution in [2.75, 3.05) is 13.1 Å². The van der Waals surface area contributed by atoms with E-state index in [9.17, 15) is 0 Å². The summed E-state index contributed by atoms with van der Waals surface area (Å²) < 4.78 is 0.913. The van der Waals surface area contributed by atoms with E-state index in [-0.39, 0.29) is 0 Å². The second-order valence-electron chi connectivity index (χ2n) is 4.97. The van der Waals surface area contributed by atoms with E-state index >= 15 is 0 Å². The van der Waals surface area contributed by atoms with Crippen molar-refractivity contribution in [2.45, 2.75) is 19.3 Å². The van der Waals surface area contributed by atoms with Crippen LogP contribution in [0.4, 0.5) is 0 Å². The van der Waals surface area contributed by atoms with Crippen molar-refractivity contribution in [3.8, 4) is 0 Å². The molecular formula is C14H17BrN2. The van der Waals surface area contributed by atoms with E-state index in [0.29, 0.717) is 5.92 Å². The third-order valence-electron chi connectivity index (χ3n) is 3.99. The fraction of sp³-hybridized carbons (Fsp3) is 0.500. The van der Waals surface area contributed by atoms with Crippen LogP contribution in [0.1, 0.15) is 24.8 Å². The van der Waals surface area contributed by atoms with Gasteiger partial charge in [0.15, 0.2) is 0 Å². The van der Waals surface area contributed by atoms with Gasteiger partial charge in [0.05, 0.1) is 0 Å². The Morgan fingerprint density at radius 3 is 3.06 bits per heavy atom. The number of piperidine rings is 1. The number of allylic oxidation sites excluding steroid dienone is 1. The Labute approximate surface area is 111 Å². The van der Waals surface area contributed by atoms with Crippen molar-refractivity contribution in [2.24, 2.45) is 11.8 Å². The molecule has 2 nitrogen and oxygen atoms in total. The van der Waals surface area contributed by atoms with Crippen molar-refractivity contribution in [3.63, 3.8) is 0 Å². The van der Waals surface area contributed by atoms with Gasteiger partial charge in [0.2, 0.25) is 0 Å². The average Bonchev–Trinajstić information content (AvgIpc) is 2.39. The Balaban J connectivity index is 1.90. The van der Waals surface area contributed by atoms with Crippen LogP contribution in [0.3, 0.4) is 0 Å². The highest BCUT2D eigenvalue weighted by atomic mass is 79.9. The van der Waals surface area contributed by atoms with E-state index in [1.807, 2.05) is 12.3 Å². The topological polar surface area (TPSA) is 24.9 Å². The molecule has 3 rings (SSSR count). The van der Waals surface area contributed by atoms with Crippen molar-refractivity contribution >= 4 is 21.5 Å². The van der Waals surface area contributed by atoms with E-state index in [1.54, 1.807) is 0 Å². The Kier molecular flexibility index (Phi) is 3.30. The molecule has 1 fully saturated rings. The lowest BCUT2D eigenvalue weighted by Crippen LogP contribution is -2.38. The molecule has 2 aliphatic rings. The largest absolute Gasteiger partial charge is 0.316 e. The average molecular weight is 293 g/mol. The first kappa shape index (κ1) is 11.4. The molecule has 1 aliphatic carbocycles. The first-order valence-corrected chi connectivity index (χ1v) is 7.16. The number of nitrogens with zero attached hydrogens (tertiary/aromatic N) is 1. The van der Waals surface area contributed by atoms with E-state index in [2.05, 4.69) is 38.4 Å². The van der Waals surface area contributed by atoms with Crippen LogP contribution in [0.5, 0.6) is 0 Å². The summed E-state index contributed by atoms with van der Waals surface area (Å²) in [6, 6.07) is 4.22. The number of fused-ring (bicyclic) bond motifs is 1. The van der Waals surface area contributed by atoms with Gasteiger partial charge in [-0.3, -0.25) is 0 Å². The maximum absolute atomic E-state index is 4.35. The molecule has 1 aromatic heterocycles. The van der Waals surface area contributed by atoms with Gasteiger partial charge in [-0.05, 0) is 70.8 Å². The van der Waals surface area contributed by atoms with Gasteiger partial charge in [-0.15, -0.1) is 0 Å². The summed E-state index contributed by atoms with van der Waals surface area (Å²) in [6.07, 6.45) is 8.32. The Bertz CT molecular complexity index is 424. The first-order valence-electron chi connectivity index (χ1n) is 6.37. The maximum Gasteiger partial charge on any atom is 0.106 e. The molecule has 0 bridgehead atoms. The molecule has 3 heteroatoms. The molecule has 90 valence electrons. The molecule has 1 aliphatic heterocycles. The van der Waals surface area contributed by atoms with Crippen LogP contribution in [-0.2, 0) is 0 Å². The zero-order valence-electron chi connectivity index (χ0n) is 9.82. The molecule has 0 unspecified atom stereocenters. The van der Waals surface area contributed by atoms with Gasteiger partial charge < -0.3 is 5.32 Å². The maximum atomic E-state index is 4.35. The van der Waals surface area contributed by atoms with Crippen molar-refractivity contribution in [3.05, 3.63) is 34.6 Å². The molecule has 0 spiro atoms. The van der Waals surface area contributed by atoms with Gasteiger partial charge in [-0.2, -0.15) is 0 Å². The highest BCUT2D eigenvalue weighted by Gasteiger charge is 2.30. The number of hydrogen-bond acceptors (Lipinski definition) is 2. The van der Waals surface area contributed by atoms with Crippen LogP contribution >= 0.6 is 15.9 Å². The van der Waals surface area contributed by atoms with E-state index in [1.165, 1.54) is 36.9 Å². The number of rotatable bonds is 1. The van der Waals surface area contributed by atoms with Gasteiger partial charge in [-0.25, -0.2) is 4.98 Å². The van der Waals surface area contributed by atoms with Gasteiger partial charge in [0.25, 0.3) is 0 Å². The predicted molar refractivity (Wildman–Crippen MR) is 73.6 cm³/mol. The molecule has 0 amide bonds. The fourth-order valence-electron chi connectivity index (χ4n) is 3.11. The quantitative estimate of drug-likeness (QED) is 0.804. The molecular weight excluding hydrogens is 276 g/mol. The molecule has 1 aromatic rings. The number of pyridine rings is 1. The van der Waals surface area contributed by atoms with Gasteiger partial charge in [-0.1, -0.05) is 12.1 Å². The van der Waals surface area contributed by atoms with E-state index < -0.39 is 0 Å². The predicted octanol–water partition coefficient (Wildman–Crippen LogP) is 3.25. The van der Waals surface area contributed by atoms with Crippen molar-refractivity contribution in [1.82, 2.24) is 10.3 Å². The second-order valence-corrected chi connectivity index (χ2v) is 5.78. The molecule has 0 saturated carbocycles. The number of nitrogens with one attached hydrogen (secondary N) is 1. The standard InChI is InChI=1S/C14H17BrN2/c15-14-5-4-11(8-17-14)12-3-1-2-10-6-7-16-9-13(10)12/h3-5,8,10,13,16H,1-2,6-7,9H2/t10-,13+/m0/s1. The Morgan fingerprint density at radius 2 is 2.24 bits per heavy atom. The zero-order valence-corrected chi connectivity index (χ0v) is 11.4. The number of aromatic nitrogens is 1. The van der Waals surface area contributed by atoms with Crippen molar-refractivity contribution in [1.29, 1.82) is 0 Å². The molecule has 0 radical (unpaired) electrons. The van der Waals surface area contributed by atoms with E-state index in [4.69, 9.17) is 0 Å². The van der Waals surface area contributed by atoms with Crippen LogP contribution in [0, 0.1) is 11.8 Å². The summed E-state index contributed by atoms with van der Waals surface area (Å²) >= 11 is 3.40. The minimum atomic E-state index is 0.695. The minimum absolute atomic E-state index is 0.695. The van der Waals surface area contributed by atoms with Crippen LogP contribution in [-0.4, -0.2) is 18.1 Å². The summed E-state index contributed by atoms with van der Waals surface area (Å²) in [7, 11) is 0. The van der Waals surface area contributed by atoms with Crippen LogP contribution in [0.25, 0.3) is 5.57 Å². The normalized spacial score (nSPS) is 28.4. The minimum Gasteiger partial charge on any atom is -0.316 e. The number of halogens is 1. The Hall–Kier alpha value is -0.670. The summed E-state index contributed by atoms with van der Waals surface area (Å²) in [5.41, 5.74) is 2.81. The Morgan fingerprint density at radius 1 is 1.29 bits per heavy atom. The third-order valence-corrected chi connectivity index (χ3v) is 4.46. The lowest BCUT2D eigenvalue weighted by molar-refractivity contribution is 0.285. The molecule has 1 N–H and O–H groups in total. The monoisotopic (exact) mass is 292 g/mol. The fourth-order valence-corrected chi connectivity index (χ4v) is 3.34. The smallest absolute Gasteiger partial charge is 0.106 e. The highest BCUT2D eigenvalue weighted by Crippen LogP contribution is 2.39. The van der Waals surface area contributed by atoms with Crippen LogP contribution in [0.15, 0.2) is 29.0 Å². The molecule has 2 heterocycles. The van der Waals surface area contributed by atoms with Crippen LogP contribution < -0.4 is 5.32 Å². The van der Waals surface area contributed by atoms with Crippen LogP contribution in [0.2, 0.25) is 0 Å². The second kappa shape index (κ2) is 4.91. The van der Waals surface area contributed by atoms with Gasteiger partial charge >= 0.3 is 0 Å². The van der Waals surface area contributed by atoms with E-state index in [0.717, 1.165) is 17.1 Å². The molecule has 2 atom stereocenters. The molecule has 0 aromatic carbocycles. The van der Waals surface area contributed by atoms with Crippen molar-refractivity contribution < 1.29 is 0 Å². The zero-order chi connectivity index (χ0) is 11.7. The third kappa shape index (κ3) is 2.31. The van der Waals surface area contributed by atoms with Gasteiger partial charge in [0, 0.05) is 12.7 Å². The molecule has 17 heavy (non-hydrogen) atoms. The highest BCUT2D eigenvalue weighted by molar-refractivity contribution is 9.10. The summed E-state index contributed by atoms with van der Waals surface area (Å²) in [6.45, 7) is 2.32. The summed E-state index contributed by atoms with van der Waals surface area (Å²) in [4.78, 5) is 4.35. The number of hydrogen-bond donors (Lipinski definition) is 1. The lowest BCUT2D eigenvalue weighted by Gasteiger charge is -2.37. The SMILES string of the molecule is Brc1ccc(C2=CCC[C@H]3CCNC[C@@H]23)cn1. The summed E-state index contributed by atoms with van der Waals surface area (Å²) in [5.74, 6) is 1.57. The molecule has 1 saturated heterocycles. The summed E-state index contributed by atoms with van der Waals surface area (Å²) in [5, 5.41) is 3.52.